The molecule has 0 amide bonds. The molecule has 112 valence electrons. The number of anilines is 1. The molecule has 0 aliphatic rings. The predicted molar refractivity (Wildman–Crippen MR) is 76.1 cm³/mol. The van der Waals surface area contributed by atoms with E-state index in [1.165, 1.54) is 43.5 Å². The van der Waals surface area contributed by atoms with Gasteiger partial charge in [-0.25, -0.2) is 12.8 Å². The van der Waals surface area contributed by atoms with Crippen LogP contribution in [0.3, 0.4) is 0 Å². The van der Waals surface area contributed by atoms with Crippen molar-refractivity contribution in [2.24, 2.45) is 0 Å². The van der Waals surface area contributed by atoms with Crippen LogP contribution in [0.1, 0.15) is 5.56 Å². The molecule has 0 saturated heterocycles. The van der Waals surface area contributed by atoms with Crippen molar-refractivity contribution in [2.75, 3.05) is 11.8 Å². The van der Waals surface area contributed by atoms with Gasteiger partial charge in [-0.05, 0) is 36.4 Å². The van der Waals surface area contributed by atoms with Crippen molar-refractivity contribution in [1.29, 1.82) is 0 Å². The molecule has 0 radical (unpaired) electrons. The molecule has 0 atom stereocenters. The molecule has 0 fully saturated rings. The summed E-state index contributed by atoms with van der Waals surface area (Å²) in [6, 6.07) is 9.24. The van der Waals surface area contributed by atoms with Crippen molar-refractivity contribution in [3.8, 4) is 5.75 Å². The summed E-state index contributed by atoms with van der Waals surface area (Å²) in [4.78, 5) is -0.0448. The van der Waals surface area contributed by atoms with Crippen molar-refractivity contribution in [2.45, 2.75) is 11.5 Å². The lowest BCUT2D eigenvalue weighted by atomic mass is 10.2. The fourth-order valence-electron chi connectivity index (χ4n) is 1.81. The minimum atomic E-state index is -3.87. The number of sulfonamides is 1. The number of aliphatic hydroxyl groups excluding tert-OH is 1. The predicted octanol–water partition coefficient (Wildman–Crippen LogP) is 2.13. The highest BCUT2D eigenvalue weighted by Crippen LogP contribution is 2.24. The maximum absolute atomic E-state index is 13.1. The SMILES string of the molecule is COc1ccc(S(=O)(=O)Nc2cccc(F)c2)cc1CO. The maximum Gasteiger partial charge on any atom is 0.261 e. The summed E-state index contributed by atoms with van der Waals surface area (Å²) in [7, 11) is -2.45. The van der Waals surface area contributed by atoms with Gasteiger partial charge >= 0.3 is 0 Å². The van der Waals surface area contributed by atoms with Crippen LogP contribution in [0.4, 0.5) is 10.1 Å². The van der Waals surface area contributed by atoms with Gasteiger partial charge in [-0.1, -0.05) is 6.07 Å². The molecule has 0 saturated carbocycles. The molecule has 21 heavy (non-hydrogen) atoms. The Morgan fingerprint density at radius 1 is 1.24 bits per heavy atom. The molecule has 0 unspecified atom stereocenters. The minimum absolute atomic E-state index is 0.0448. The number of methoxy groups -OCH3 is 1. The van der Waals surface area contributed by atoms with Crippen LogP contribution in [0, 0.1) is 5.82 Å². The first-order chi connectivity index (χ1) is 9.96. The second kappa shape index (κ2) is 6.11. The Hall–Kier alpha value is -2.12. The van der Waals surface area contributed by atoms with Crippen LogP contribution in [-0.2, 0) is 16.6 Å². The Kier molecular flexibility index (Phi) is 4.44. The van der Waals surface area contributed by atoms with Crippen molar-refractivity contribution in [3.05, 3.63) is 53.8 Å². The van der Waals surface area contributed by atoms with Gasteiger partial charge in [0.05, 0.1) is 24.3 Å². The second-order valence-corrected chi connectivity index (χ2v) is 5.93. The summed E-state index contributed by atoms with van der Waals surface area (Å²) in [6.45, 7) is -0.355. The van der Waals surface area contributed by atoms with Gasteiger partial charge in [-0.2, -0.15) is 0 Å². The second-order valence-electron chi connectivity index (χ2n) is 4.25. The lowest BCUT2D eigenvalue weighted by Crippen LogP contribution is -2.13. The zero-order valence-electron chi connectivity index (χ0n) is 11.2. The number of aliphatic hydroxyl groups is 1. The summed E-state index contributed by atoms with van der Waals surface area (Å²) in [5.74, 6) is -0.150. The first-order valence-electron chi connectivity index (χ1n) is 6.02. The van der Waals surface area contributed by atoms with Gasteiger partial charge in [-0.15, -0.1) is 0 Å². The maximum atomic E-state index is 13.1. The van der Waals surface area contributed by atoms with Gasteiger partial charge in [0.2, 0.25) is 0 Å². The lowest BCUT2D eigenvalue weighted by Gasteiger charge is -2.11. The van der Waals surface area contributed by atoms with E-state index in [-0.39, 0.29) is 17.2 Å². The number of halogens is 1. The molecule has 0 spiro atoms. The van der Waals surface area contributed by atoms with E-state index in [0.717, 1.165) is 6.07 Å². The highest BCUT2D eigenvalue weighted by Gasteiger charge is 2.16. The summed E-state index contributed by atoms with van der Waals surface area (Å²) in [6.07, 6.45) is 0. The molecule has 2 N–H and O–H groups in total. The van der Waals surface area contributed by atoms with Gasteiger partial charge in [0, 0.05) is 5.56 Å². The van der Waals surface area contributed by atoms with E-state index in [9.17, 15) is 17.9 Å². The molecular formula is C14H14FNO4S. The van der Waals surface area contributed by atoms with E-state index < -0.39 is 15.8 Å². The summed E-state index contributed by atoms with van der Waals surface area (Å²) in [5.41, 5.74) is 0.469. The summed E-state index contributed by atoms with van der Waals surface area (Å²) >= 11 is 0. The fraction of sp³-hybridized carbons (Fsp3) is 0.143. The molecule has 0 aromatic heterocycles. The molecule has 7 heteroatoms. The Bertz CT molecular complexity index is 746. The lowest BCUT2D eigenvalue weighted by molar-refractivity contribution is 0.273. The normalized spacial score (nSPS) is 11.2. The number of hydrogen-bond donors (Lipinski definition) is 2. The molecular weight excluding hydrogens is 297 g/mol. The van der Waals surface area contributed by atoms with E-state index in [1.54, 1.807) is 0 Å². The zero-order chi connectivity index (χ0) is 15.5. The van der Waals surface area contributed by atoms with Gasteiger partial charge in [-0.3, -0.25) is 4.72 Å². The van der Waals surface area contributed by atoms with E-state index in [1.807, 2.05) is 0 Å². The molecule has 2 aromatic rings. The third-order valence-electron chi connectivity index (χ3n) is 2.81. The van der Waals surface area contributed by atoms with Crippen LogP contribution in [-0.4, -0.2) is 20.6 Å². The number of rotatable bonds is 5. The molecule has 0 bridgehead atoms. The minimum Gasteiger partial charge on any atom is -0.496 e. The number of nitrogens with one attached hydrogen (secondary N) is 1. The van der Waals surface area contributed by atoms with E-state index >= 15 is 0 Å². The van der Waals surface area contributed by atoms with Gasteiger partial charge in [0.15, 0.2) is 0 Å². The zero-order valence-corrected chi connectivity index (χ0v) is 12.0. The Labute approximate surface area is 122 Å². The van der Waals surface area contributed by atoms with Gasteiger partial charge < -0.3 is 9.84 Å². The Morgan fingerprint density at radius 2 is 2.00 bits per heavy atom. The van der Waals surface area contributed by atoms with Crippen molar-refractivity contribution >= 4 is 15.7 Å². The molecule has 2 aromatic carbocycles. The van der Waals surface area contributed by atoms with Crippen LogP contribution in [0.5, 0.6) is 5.75 Å². The summed E-state index contributed by atoms with van der Waals surface area (Å²) in [5, 5.41) is 9.22. The first-order valence-corrected chi connectivity index (χ1v) is 7.51. The van der Waals surface area contributed by atoms with Crippen molar-refractivity contribution in [3.63, 3.8) is 0 Å². The summed E-state index contributed by atoms with van der Waals surface area (Å²) < 4.78 is 44.8. The number of benzene rings is 2. The van der Waals surface area contributed by atoms with Crippen LogP contribution in [0.2, 0.25) is 0 Å². The molecule has 5 nitrogen and oxygen atoms in total. The highest BCUT2D eigenvalue weighted by molar-refractivity contribution is 7.92. The van der Waals surface area contributed by atoms with Gasteiger partial charge in [0.1, 0.15) is 11.6 Å². The molecule has 2 rings (SSSR count). The smallest absolute Gasteiger partial charge is 0.261 e. The van der Waals surface area contributed by atoms with Crippen LogP contribution in [0.15, 0.2) is 47.4 Å². The van der Waals surface area contributed by atoms with E-state index in [2.05, 4.69) is 4.72 Å². The monoisotopic (exact) mass is 311 g/mol. The average molecular weight is 311 g/mol. The average Bonchev–Trinajstić information content (AvgIpc) is 2.46. The standard InChI is InChI=1S/C14H14FNO4S/c1-20-14-6-5-13(7-10(14)9-17)21(18,19)16-12-4-2-3-11(15)8-12/h2-8,16-17H,9H2,1H3. The molecule has 0 aliphatic carbocycles. The van der Waals surface area contributed by atoms with Crippen LogP contribution < -0.4 is 9.46 Å². The van der Waals surface area contributed by atoms with E-state index in [4.69, 9.17) is 4.74 Å². The largest absolute Gasteiger partial charge is 0.496 e. The van der Waals surface area contributed by atoms with Crippen molar-refractivity contribution < 1.29 is 22.7 Å². The molecule has 0 heterocycles. The van der Waals surface area contributed by atoms with Crippen LogP contribution >= 0.6 is 0 Å². The third-order valence-corrected chi connectivity index (χ3v) is 4.19. The first kappa shape index (κ1) is 15.3. The quantitative estimate of drug-likeness (QED) is 0.887. The molecule has 0 aliphatic heterocycles. The third kappa shape index (κ3) is 3.50. The highest BCUT2D eigenvalue weighted by atomic mass is 32.2. The van der Waals surface area contributed by atoms with Gasteiger partial charge in [0.25, 0.3) is 10.0 Å². The number of ether oxygens (including phenoxy) is 1. The fourth-order valence-corrected chi connectivity index (χ4v) is 2.91. The van der Waals surface area contributed by atoms with Crippen LogP contribution in [0.25, 0.3) is 0 Å². The van der Waals surface area contributed by atoms with E-state index in [0.29, 0.717) is 11.3 Å². The van der Waals surface area contributed by atoms with Crippen molar-refractivity contribution in [1.82, 2.24) is 0 Å². The Morgan fingerprint density at radius 3 is 2.62 bits per heavy atom. The number of hydrogen-bond acceptors (Lipinski definition) is 4. The Balaban J connectivity index is 2.35. The topological polar surface area (TPSA) is 75.6 Å².